The van der Waals surface area contributed by atoms with E-state index >= 15 is 0 Å². The second-order valence-corrected chi connectivity index (χ2v) is 5.99. The van der Waals surface area contributed by atoms with Crippen LogP contribution in [0.2, 0.25) is 0 Å². The van der Waals surface area contributed by atoms with Crippen LogP contribution in [0.15, 0.2) is 18.2 Å². The van der Waals surface area contributed by atoms with Gasteiger partial charge in [0.15, 0.2) is 0 Å². The molecule has 2 saturated heterocycles. The highest BCUT2D eigenvalue weighted by molar-refractivity contribution is 5.96. The molecule has 1 aromatic carbocycles. The number of hydrogen-bond donors (Lipinski definition) is 1. The monoisotopic (exact) mass is 258 g/mol. The first-order valence-electron chi connectivity index (χ1n) is 7.25. The average molecular weight is 258 g/mol. The van der Waals surface area contributed by atoms with E-state index in [0.717, 1.165) is 36.3 Å². The van der Waals surface area contributed by atoms with E-state index in [2.05, 4.69) is 11.4 Å². The Kier molecular flexibility index (Phi) is 3.31. The lowest BCUT2D eigenvalue weighted by Crippen LogP contribution is -2.41. The van der Waals surface area contributed by atoms with Gasteiger partial charge >= 0.3 is 0 Å². The molecule has 0 radical (unpaired) electrons. The van der Waals surface area contributed by atoms with Crippen LogP contribution in [0.4, 0.5) is 0 Å². The zero-order valence-corrected chi connectivity index (χ0v) is 11.8. The van der Waals surface area contributed by atoms with Crippen molar-refractivity contribution in [2.24, 2.45) is 5.92 Å². The minimum Gasteiger partial charge on any atom is -0.337 e. The summed E-state index contributed by atoms with van der Waals surface area (Å²) in [6.45, 7) is 6.96. The Labute approximate surface area is 115 Å². The molecule has 1 amide bonds. The van der Waals surface area contributed by atoms with Gasteiger partial charge in [0.05, 0.1) is 0 Å². The fraction of sp³-hybridized carbons (Fsp3) is 0.562. The van der Waals surface area contributed by atoms with Gasteiger partial charge in [0.2, 0.25) is 0 Å². The summed E-state index contributed by atoms with van der Waals surface area (Å²) in [7, 11) is 0. The molecule has 2 unspecified atom stereocenters. The van der Waals surface area contributed by atoms with Crippen molar-refractivity contribution in [3.63, 3.8) is 0 Å². The van der Waals surface area contributed by atoms with E-state index in [0.29, 0.717) is 12.0 Å². The molecular weight excluding hydrogens is 236 g/mol. The van der Waals surface area contributed by atoms with Crippen LogP contribution in [0.1, 0.15) is 34.3 Å². The highest BCUT2D eigenvalue weighted by Gasteiger charge is 2.36. The van der Waals surface area contributed by atoms with E-state index in [4.69, 9.17) is 0 Å². The number of benzene rings is 1. The molecule has 1 aromatic rings. The van der Waals surface area contributed by atoms with Gasteiger partial charge in [-0.1, -0.05) is 17.7 Å². The number of hydrogen-bond acceptors (Lipinski definition) is 2. The van der Waals surface area contributed by atoms with Crippen LogP contribution in [0, 0.1) is 19.8 Å². The minimum atomic E-state index is 0.206. The molecule has 3 nitrogen and oxygen atoms in total. The quantitative estimate of drug-likeness (QED) is 0.837. The Balaban J connectivity index is 1.79. The van der Waals surface area contributed by atoms with Crippen LogP contribution >= 0.6 is 0 Å². The lowest BCUT2D eigenvalue weighted by molar-refractivity contribution is 0.0785. The summed E-state index contributed by atoms with van der Waals surface area (Å²) in [5.41, 5.74) is 3.11. The van der Waals surface area contributed by atoms with Gasteiger partial charge < -0.3 is 10.2 Å². The van der Waals surface area contributed by atoms with Gasteiger partial charge in [-0.3, -0.25) is 4.79 Å². The number of carbonyl (C=O) groups is 1. The third kappa shape index (κ3) is 2.39. The van der Waals surface area contributed by atoms with Crippen molar-refractivity contribution < 1.29 is 4.79 Å². The summed E-state index contributed by atoms with van der Waals surface area (Å²) in [5, 5.41) is 3.55. The molecule has 2 aliphatic rings. The van der Waals surface area contributed by atoms with E-state index in [1.54, 1.807) is 0 Å². The number of likely N-dealkylation sites (tertiary alicyclic amines) is 1. The van der Waals surface area contributed by atoms with E-state index < -0.39 is 0 Å². The third-order valence-corrected chi connectivity index (χ3v) is 4.51. The molecule has 19 heavy (non-hydrogen) atoms. The average Bonchev–Trinajstić information content (AvgIpc) is 2.84. The number of fused-ring (bicyclic) bond motifs is 1. The largest absolute Gasteiger partial charge is 0.337 e. The minimum absolute atomic E-state index is 0.206. The van der Waals surface area contributed by atoms with Crippen molar-refractivity contribution in [2.75, 3.05) is 19.6 Å². The second-order valence-electron chi connectivity index (χ2n) is 5.99. The maximum Gasteiger partial charge on any atom is 0.254 e. The molecule has 2 atom stereocenters. The lowest BCUT2D eigenvalue weighted by atomic mass is 9.94. The van der Waals surface area contributed by atoms with Gasteiger partial charge in [-0.2, -0.15) is 0 Å². The van der Waals surface area contributed by atoms with E-state index in [-0.39, 0.29) is 5.91 Å². The molecule has 2 fully saturated rings. The number of carbonyl (C=O) groups excluding carboxylic acids is 1. The SMILES string of the molecule is Cc1ccc(C)c(C(=O)N2CC3CCCNC3C2)c1. The molecule has 0 saturated carbocycles. The predicted octanol–water partition coefficient (Wildman–Crippen LogP) is 2.13. The summed E-state index contributed by atoms with van der Waals surface area (Å²) >= 11 is 0. The fourth-order valence-electron chi connectivity index (χ4n) is 3.35. The fourth-order valence-corrected chi connectivity index (χ4v) is 3.35. The number of piperidine rings is 1. The van der Waals surface area contributed by atoms with E-state index in [1.807, 2.05) is 30.9 Å². The van der Waals surface area contributed by atoms with Gasteiger partial charge in [-0.15, -0.1) is 0 Å². The van der Waals surface area contributed by atoms with Crippen molar-refractivity contribution in [2.45, 2.75) is 32.7 Å². The smallest absolute Gasteiger partial charge is 0.254 e. The van der Waals surface area contributed by atoms with Crippen LogP contribution in [0.25, 0.3) is 0 Å². The first-order chi connectivity index (χ1) is 9.15. The first-order valence-corrected chi connectivity index (χ1v) is 7.25. The molecule has 0 bridgehead atoms. The summed E-state index contributed by atoms with van der Waals surface area (Å²) in [6, 6.07) is 6.65. The predicted molar refractivity (Wildman–Crippen MR) is 76.3 cm³/mol. The third-order valence-electron chi connectivity index (χ3n) is 4.51. The molecule has 102 valence electrons. The Hall–Kier alpha value is -1.35. The topological polar surface area (TPSA) is 32.3 Å². The van der Waals surface area contributed by atoms with Crippen LogP contribution in [0.3, 0.4) is 0 Å². The van der Waals surface area contributed by atoms with Gasteiger partial charge in [-0.25, -0.2) is 0 Å². The van der Waals surface area contributed by atoms with Crippen LogP contribution in [0.5, 0.6) is 0 Å². The first kappa shape index (κ1) is 12.7. The standard InChI is InChI=1S/C16H22N2O/c1-11-5-6-12(2)14(8-11)16(19)18-9-13-4-3-7-17-15(13)10-18/h5-6,8,13,15,17H,3-4,7,9-10H2,1-2H3. The van der Waals surface area contributed by atoms with Crippen molar-refractivity contribution >= 4 is 5.91 Å². The normalized spacial score (nSPS) is 26.3. The second kappa shape index (κ2) is 4.97. The van der Waals surface area contributed by atoms with Crippen LogP contribution < -0.4 is 5.32 Å². The Morgan fingerprint density at radius 3 is 2.95 bits per heavy atom. The molecule has 2 heterocycles. The van der Waals surface area contributed by atoms with Crippen molar-refractivity contribution in [1.82, 2.24) is 10.2 Å². The van der Waals surface area contributed by atoms with Gasteiger partial charge in [0, 0.05) is 24.7 Å². The summed E-state index contributed by atoms with van der Waals surface area (Å²) in [4.78, 5) is 14.7. The molecular formula is C16H22N2O. The number of rotatable bonds is 1. The number of nitrogens with one attached hydrogen (secondary N) is 1. The molecule has 0 aromatic heterocycles. The number of nitrogens with zero attached hydrogens (tertiary/aromatic N) is 1. The highest BCUT2D eigenvalue weighted by Crippen LogP contribution is 2.26. The summed E-state index contributed by atoms with van der Waals surface area (Å²) in [6.07, 6.45) is 2.50. The summed E-state index contributed by atoms with van der Waals surface area (Å²) in [5.74, 6) is 0.861. The molecule has 0 spiro atoms. The zero-order valence-electron chi connectivity index (χ0n) is 11.8. The Morgan fingerprint density at radius 1 is 1.32 bits per heavy atom. The van der Waals surface area contributed by atoms with Gasteiger partial charge in [0.25, 0.3) is 5.91 Å². The molecule has 3 heteroatoms. The zero-order chi connectivity index (χ0) is 13.4. The van der Waals surface area contributed by atoms with Crippen LogP contribution in [-0.4, -0.2) is 36.5 Å². The van der Waals surface area contributed by atoms with Crippen molar-refractivity contribution in [1.29, 1.82) is 0 Å². The Morgan fingerprint density at radius 2 is 2.16 bits per heavy atom. The maximum absolute atomic E-state index is 12.7. The number of aryl methyl sites for hydroxylation is 2. The van der Waals surface area contributed by atoms with Crippen molar-refractivity contribution in [3.8, 4) is 0 Å². The maximum atomic E-state index is 12.7. The van der Waals surface area contributed by atoms with Gasteiger partial charge in [-0.05, 0) is 50.8 Å². The van der Waals surface area contributed by atoms with Crippen LogP contribution in [-0.2, 0) is 0 Å². The highest BCUT2D eigenvalue weighted by atomic mass is 16.2. The molecule has 3 rings (SSSR count). The van der Waals surface area contributed by atoms with E-state index in [1.165, 1.54) is 12.8 Å². The summed E-state index contributed by atoms with van der Waals surface area (Å²) < 4.78 is 0. The molecule has 2 aliphatic heterocycles. The number of amides is 1. The Bertz CT molecular complexity index is 484. The van der Waals surface area contributed by atoms with Crippen molar-refractivity contribution in [3.05, 3.63) is 34.9 Å². The molecule has 0 aliphatic carbocycles. The van der Waals surface area contributed by atoms with E-state index in [9.17, 15) is 4.79 Å². The van der Waals surface area contributed by atoms with Gasteiger partial charge in [0.1, 0.15) is 0 Å². The lowest BCUT2D eigenvalue weighted by Gasteiger charge is -2.24. The molecule has 1 N–H and O–H groups in total.